The first-order valence-electron chi connectivity index (χ1n) is 16.4. The highest BCUT2D eigenvalue weighted by molar-refractivity contribution is 6.43. The lowest BCUT2D eigenvalue weighted by Gasteiger charge is -2.14. The van der Waals surface area contributed by atoms with Gasteiger partial charge in [0.25, 0.3) is 36.5 Å². The number of benzene rings is 4. The standard InChI is InChI=1S/C20H16ClF2NO5.C18H12ClF2NO5/c1-2-28-16(25)9-11-3-5-12(6-4-11)24-19(26)17-13(21)7-8-14(18(17)20(24)27)29-10-15(22)23;19-11-5-6-12(27-8-13(20)21)16-15(11)17(25)22(18(16)26)10-3-1-9(2-4-10)7-14(23)24/h3-8,15H,2,9-10H2,1H3;1-6,13H,7-8H2,(H,23,24). The molecule has 12 nitrogen and oxygen atoms in total. The van der Waals surface area contributed by atoms with Gasteiger partial charge < -0.3 is 19.3 Å². The quantitative estimate of drug-likeness (QED) is 0.0825. The topological polar surface area (TPSA) is 157 Å². The lowest BCUT2D eigenvalue weighted by Crippen LogP contribution is -2.29. The number of rotatable bonds is 13. The number of imide groups is 2. The normalized spacial score (nSPS) is 13.2. The summed E-state index contributed by atoms with van der Waals surface area (Å²) in [5.74, 6) is -4.58. The third-order valence-corrected chi connectivity index (χ3v) is 8.66. The largest absolute Gasteiger partial charge is 0.487 e. The smallest absolute Gasteiger partial charge is 0.310 e. The van der Waals surface area contributed by atoms with Crippen LogP contribution in [0.4, 0.5) is 28.9 Å². The molecule has 4 aromatic rings. The first kappa shape index (κ1) is 41.2. The number of carbonyl (C=O) groups is 6. The number of carboxylic acid groups (broad SMARTS) is 1. The Balaban J connectivity index is 0.000000215. The zero-order valence-corrected chi connectivity index (χ0v) is 30.4. The van der Waals surface area contributed by atoms with Gasteiger partial charge in [0.15, 0.2) is 0 Å². The van der Waals surface area contributed by atoms with Gasteiger partial charge in [-0.1, -0.05) is 47.5 Å². The Morgan fingerprint density at radius 2 is 0.982 bits per heavy atom. The Morgan fingerprint density at radius 1 is 0.607 bits per heavy atom. The van der Waals surface area contributed by atoms with Crippen LogP contribution < -0.4 is 19.3 Å². The highest BCUT2D eigenvalue weighted by Gasteiger charge is 2.42. The molecule has 2 aliphatic heterocycles. The fourth-order valence-electron chi connectivity index (χ4n) is 5.68. The van der Waals surface area contributed by atoms with E-state index >= 15 is 0 Å². The average Bonchev–Trinajstić information content (AvgIpc) is 3.57. The van der Waals surface area contributed by atoms with E-state index in [2.05, 4.69) is 0 Å². The number of nitrogens with zero attached hydrogens (tertiary/aromatic N) is 2. The van der Waals surface area contributed by atoms with Crippen molar-refractivity contribution < 1.29 is 65.6 Å². The summed E-state index contributed by atoms with van der Waals surface area (Å²) in [6, 6.07) is 17.1. The molecule has 0 atom stereocenters. The number of aliphatic carboxylic acids is 1. The summed E-state index contributed by atoms with van der Waals surface area (Å²) in [7, 11) is 0. The molecule has 6 rings (SSSR count). The molecule has 0 fully saturated rings. The fourth-order valence-corrected chi connectivity index (χ4v) is 6.16. The van der Waals surface area contributed by atoms with Gasteiger partial charge in [-0.3, -0.25) is 28.8 Å². The van der Waals surface area contributed by atoms with Gasteiger partial charge in [0.2, 0.25) is 0 Å². The van der Waals surface area contributed by atoms with Crippen LogP contribution >= 0.6 is 23.2 Å². The summed E-state index contributed by atoms with van der Waals surface area (Å²) in [4.78, 5) is 75.2. The van der Waals surface area contributed by atoms with Crippen molar-refractivity contribution >= 4 is 70.1 Å². The van der Waals surface area contributed by atoms with Crippen LogP contribution in [0.5, 0.6) is 11.5 Å². The number of hydrogen-bond acceptors (Lipinski definition) is 9. The van der Waals surface area contributed by atoms with Crippen molar-refractivity contribution in [1.29, 1.82) is 0 Å². The molecule has 2 heterocycles. The molecule has 0 spiro atoms. The van der Waals surface area contributed by atoms with Crippen LogP contribution in [0.25, 0.3) is 0 Å². The second-order valence-corrected chi connectivity index (χ2v) is 12.6. The summed E-state index contributed by atoms with van der Waals surface area (Å²) in [6.07, 6.45) is -5.65. The van der Waals surface area contributed by atoms with E-state index in [0.29, 0.717) is 11.1 Å². The fraction of sp³-hybridized carbons (Fsp3) is 0.211. The molecule has 1 N–H and O–H groups in total. The van der Waals surface area contributed by atoms with Crippen molar-refractivity contribution in [3.05, 3.63) is 116 Å². The van der Waals surface area contributed by atoms with Crippen molar-refractivity contribution in [3.8, 4) is 11.5 Å². The Kier molecular flexibility index (Phi) is 13.0. The zero-order valence-electron chi connectivity index (χ0n) is 28.9. The molecule has 0 bridgehead atoms. The first-order chi connectivity index (χ1) is 26.6. The number of ether oxygens (including phenoxy) is 3. The second kappa shape index (κ2) is 17.6. The predicted octanol–water partition coefficient (Wildman–Crippen LogP) is 7.30. The van der Waals surface area contributed by atoms with Crippen molar-refractivity contribution in [2.45, 2.75) is 32.6 Å². The maximum Gasteiger partial charge on any atom is 0.310 e. The molecule has 0 aliphatic carbocycles. The van der Waals surface area contributed by atoms with Gasteiger partial charge in [-0.05, 0) is 66.6 Å². The third kappa shape index (κ3) is 8.92. The van der Waals surface area contributed by atoms with Gasteiger partial charge in [0, 0.05) is 0 Å². The number of hydrogen-bond donors (Lipinski definition) is 1. The number of halogens is 6. The average molecular weight is 820 g/mol. The molecule has 2 aliphatic rings. The molecule has 0 aromatic heterocycles. The molecule has 0 radical (unpaired) electrons. The van der Waals surface area contributed by atoms with Crippen LogP contribution in [0.15, 0.2) is 72.8 Å². The summed E-state index contributed by atoms with van der Waals surface area (Å²) < 4.78 is 64.7. The highest BCUT2D eigenvalue weighted by Crippen LogP contribution is 2.40. The Hall–Kier alpha value is -6.00. The lowest BCUT2D eigenvalue weighted by molar-refractivity contribution is -0.142. The molecule has 18 heteroatoms. The summed E-state index contributed by atoms with van der Waals surface area (Å²) in [5.41, 5.74) is 1.03. The van der Waals surface area contributed by atoms with Gasteiger partial charge >= 0.3 is 11.9 Å². The molecular formula is C38H28Cl2F4N2O10. The summed E-state index contributed by atoms with van der Waals surface area (Å²) in [5, 5.41) is 8.82. The minimum Gasteiger partial charge on any atom is -0.487 e. The van der Waals surface area contributed by atoms with Crippen molar-refractivity contribution in [2.75, 3.05) is 29.6 Å². The van der Waals surface area contributed by atoms with Gasteiger partial charge in [0.05, 0.1) is 63.1 Å². The zero-order chi connectivity index (χ0) is 40.8. The van der Waals surface area contributed by atoms with E-state index in [9.17, 15) is 46.3 Å². The molecule has 0 saturated heterocycles. The van der Waals surface area contributed by atoms with Crippen LogP contribution in [0, 0.1) is 0 Å². The van der Waals surface area contributed by atoms with E-state index in [1.165, 1.54) is 60.7 Å². The van der Waals surface area contributed by atoms with Crippen LogP contribution in [-0.4, -0.2) is 73.3 Å². The van der Waals surface area contributed by atoms with Gasteiger partial charge in [-0.25, -0.2) is 27.4 Å². The number of alkyl halides is 4. The maximum absolute atomic E-state index is 12.9. The summed E-state index contributed by atoms with van der Waals surface area (Å²) >= 11 is 12.1. The minimum atomic E-state index is -2.75. The van der Waals surface area contributed by atoms with Crippen LogP contribution in [0.1, 0.15) is 59.5 Å². The highest BCUT2D eigenvalue weighted by atomic mass is 35.5. The minimum absolute atomic E-state index is 0.00209. The number of amides is 4. The van der Waals surface area contributed by atoms with E-state index < -0.39 is 61.6 Å². The van der Waals surface area contributed by atoms with Gasteiger partial charge in [-0.15, -0.1) is 0 Å². The number of carboxylic acids is 1. The Morgan fingerprint density at radius 3 is 1.34 bits per heavy atom. The monoisotopic (exact) mass is 818 g/mol. The molecular weight excluding hydrogens is 791 g/mol. The lowest BCUT2D eigenvalue weighted by atomic mass is 10.1. The number of fused-ring (bicyclic) bond motifs is 2. The van der Waals surface area contributed by atoms with E-state index in [1.54, 1.807) is 19.1 Å². The van der Waals surface area contributed by atoms with Gasteiger partial charge in [-0.2, -0.15) is 0 Å². The summed E-state index contributed by atoms with van der Waals surface area (Å²) in [6.45, 7) is 0.119. The Bertz CT molecular complexity index is 2200. The van der Waals surface area contributed by atoms with Gasteiger partial charge in [0.1, 0.15) is 24.7 Å². The van der Waals surface area contributed by atoms with Crippen molar-refractivity contribution in [3.63, 3.8) is 0 Å². The third-order valence-electron chi connectivity index (χ3n) is 8.03. The van der Waals surface area contributed by atoms with Crippen molar-refractivity contribution in [2.24, 2.45) is 0 Å². The van der Waals surface area contributed by atoms with E-state index in [1.807, 2.05) is 0 Å². The van der Waals surface area contributed by atoms with Crippen molar-refractivity contribution in [1.82, 2.24) is 0 Å². The van der Waals surface area contributed by atoms with Crippen LogP contribution in [-0.2, 0) is 27.2 Å². The molecule has 4 aromatic carbocycles. The van der Waals surface area contributed by atoms with E-state index in [0.717, 1.165) is 9.80 Å². The molecule has 4 amide bonds. The van der Waals surface area contributed by atoms with E-state index in [-0.39, 0.29) is 74.6 Å². The predicted molar refractivity (Wildman–Crippen MR) is 193 cm³/mol. The number of esters is 1. The molecule has 0 saturated carbocycles. The first-order valence-corrected chi connectivity index (χ1v) is 17.2. The Labute approximate surface area is 325 Å². The number of carbonyl (C=O) groups excluding carboxylic acids is 5. The van der Waals surface area contributed by atoms with Crippen LogP contribution in [0.2, 0.25) is 10.0 Å². The second-order valence-electron chi connectivity index (χ2n) is 11.8. The maximum atomic E-state index is 12.9. The number of anilines is 2. The van der Waals surface area contributed by atoms with E-state index in [4.69, 9.17) is 42.5 Å². The molecule has 0 unspecified atom stereocenters. The molecule has 292 valence electrons. The SMILES string of the molecule is CCOC(=O)Cc1ccc(N2C(=O)c3c(Cl)ccc(OCC(F)F)c3C2=O)cc1.O=C(O)Cc1ccc(N2C(=O)c3c(Cl)ccc(OCC(F)F)c3C2=O)cc1. The molecule has 56 heavy (non-hydrogen) atoms. The van der Waals surface area contributed by atoms with Crippen LogP contribution in [0.3, 0.4) is 0 Å².